The average Bonchev–Trinajstić information content (AvgIpc) is 3.07. The number of rotatable bonds is 6. The van der Waals surface area contributed by atoms with Gasteiger partial charge in [0.1, 0.15) is 23.1 Å². The van der Waals surface area contributed by atoms with Crippen molar-refractivity contribution in [3.63, 3.8) is 0 Å². The molecule has 2 aromatic carbocycles. The fourth-order valence-electron chi connectivity index (χ4n) is 2.47. The number of amides is 1. The topological polar surface area (TPSA) is 76.4 Å². The summed E-state index contributed by atoms with van der Waals surface area (Å²) in [7, 11) is -3.67. The largest absolute Gasteiger partial charge is 0.455 e. The Morgan fingerprint density at radius 2 is 1.64 bits per heavy atom. The molecular formula is C19H14ClF2NO4S. The third kappa shape index (κ3) is 4.96. The molecule has 28 heavy (non-hydrogen) atoms. The van der Waals surface area contributed by atoms with Gasteiger partial charge in [0, 0.05) is 17.6 Å². The molecular weight excluding hydrogens is 412 g/mol. The van der Waals surface area contributed by atoms with Crippen molar-refractivity contribution in [1.29, 1.82) is 0 Å². The molecule has 1 aromatic heterocycles. The highest BCUT2D eigenvalue weighted by atomic mass is 35.5. The van der Waals surface area contributed by atoms with Crippen LogP contribution in [0.4, 0.5) is 8.78 Å². The van der Waals surface area contributed by atoms with Gasteiger partial charge in [-0.3, -0.25) is 4.79 Å². The summed E-state index contributed by atoms with van der Waals surface area (Å²) in [5.41, 5.74) is 0.239. The van der Waals surface area contributed by atoms with Crippen LogP contribution >= 0.6 is 11.6 Å². The number of furan rings is 1. The van der Waals surface area contributed by atoms with Crippen molar-refractivity contribution in [2.45, 2.75) is 17.2 Å². The van der Waals surface area contributed by atoms with Crippen molar-refractivity contribution in [1.82, 2.24) is 5.32 Å². The van der Waals surface area contributed by atoms with Crippen LogP contribution in [0.5, 0.6) is 0 Å². The maximum Gasteiger partial charge on any atom is 0.287 e. The molecule has 0 atom stereocenters. The lowest BCUT2D eigenvalue weighted by molar-refractivity contribution is 0.0921. The molecule has 0 spiro atoms. The molecule has 3 rings (SSSR count). The first kappa shape index (κ1) is 20.0. The number of carbonyl (C=O) groups excluding carboxylic acids is 1. The van der Waals surface area contributed by atoms with Crippen molar-refractivity contribution in [3.8, 4) is 0 Å². The van der Waals surface area contributed by atoms with E-state index in [-0.39, 0.29) is 28.5 Å². The first-order valence-corrected chi connectivity index (χ1v) is 10.1. The second-order valence-corrected chi connectivity index (χ2v) is 8.37. The van der Waals surface area contributed by atoms with E-state index in [1.807, 2.05) is 0 Å². The van der Waals surface area contributed by atoms with Crippen molar-refractivity contribution < 1.29 is 26.4 Å². The molecule has 146 valence electrons. The Morgan fingerprint density at radius 1 is 1.00 bits per heavy atom. The number of carbonyl (C=O) groups is 1. The van der Waals surface area contributed by atoms with Gasteiger partial charge in [-0.1, -0.05) is 11.6 Å². The summed E-state index contributed by atoms with van der Waals surface area (Å²) in [4.78, 5) is 12.2. The van der Waals surface area contributed by atoms with E-state index in [0.717, 1.165) is 18.2 Å². The molecule has 0 bridgehead atoms. The summed E-state index contributed by atoms with van der Waals surface area (Å²) >= 11 is 5.75. The first-order valence-electron chi connectivity index (χ1n) is 8.03. The third-order valence-electron chi connectivity index (χ3n) is 3.77. The van der Waals surface area contributed by atoms with Crippen molar-refractivity contribution in [2.75, 3.05) is 0 Å². The van der Waals surface area contributed by atoms with Crippen molar-refractivity contribution in [2.24, 2.45) is 0 Å². The molecule has 9 heteroatoms. The lowest BCUT2D eigenvalue weighted by atomic mass is 10.2. The highest BCUT2D eigenvalue weighted by Crippen LogP contribution is 2.20. The SMILES string of the molecule is O=C(NCc1cc(F)cc(F)c1)c1ccc(CS(=O)(=O)c2ccc(Cl)cc2)o1. The van der Waals surface area contributed by atoms with E-state index >= 15 is 0 Å². The molecule has 5 nitrogen and oxygen atoms in total. The lowest BCUT2D eigenvalue weighted by Gasteiger charge is -2.05. The van der Waals surface area contributed by atoms with Crippen LogP contribution in [0.15, 0.2) is 63.9 Å². The number of nitrogens with one attached hydrogen (secondary N) is 1. The molecule has 1 amide bonds. The van der Waals surface area contributed by atoms with Crippen LogP contribution in [0.2, 0.25) is 5.02 Å². The lowest BCUT2D eigenvalue weighted by Crippen LogP contribution is -2.22. The first-order chi connectivity index (χ1) is 13.2. The second-order valence-electron chi connectivity index (χ2n) is 5.94. The molecule has 0 aliphatic carbocycles. The molecule has 0 unspecified atom stereocenters. The molecule has 0 saturated heterocycles. The Hall–Kier alpha value is -2.71. The van der Waals surface area contributed by atoms with Crippen LogP contribution in [-0.4, -0.2) is 14.3 Å². The van der Waals surface area contributed by atoms with Crippen LogP contribution in [0.3, 0.4) is 0 Å². The van der Waals surface area contributed by atoms with E-state index in [4.69, 9.17) is 16.0 Å². The average molecular weight is 426 g/mol. The standard InChI is InChI=1S/C19H14ClF2NO4S/c20-13-1-4-17(5-2-13)28(25,26)11-16-3-6-18(27-16)19(24)23-10-12-7-14(21)9-15(22)8-12/h1-9H,10-11H2,(H,23,24). The molecule has 0 aliphatic heterocycles. The molecule has 0 aliphatic rings. The highest BCUT2D eigenvalue weighted by molar-refractivity contribution is 7.90. The second kappa shape index (κ2) is 8.12. The number of hydrogen-bond acceptors (Lipinski definition) is 4. The zero-order valence-electron chi connectivity index (χ0n) is 14.3. The quantitative estimate of drug-likeness (QED) is 0.644. The van der Waals surface area contributed by atoms with Gasteiger partial charge in [-0.2, -0.15) is 0 Å². The molecule has 0 saturated carbocycles. The number of sulfone groups is 1. The minimum atomic E-state index is -3.67. The van der Waals surface area contributed by atoms with Crippen LogP contribution in [0.1, 0.15) is 21.9 Å². The third-order valence-corrected chi connectivity index (χ3v) is 5.67. The van der Waals surface area contributed by atoms with E-state index in [9.17, 15) is 22.0 Å². The van der Waals surface area contributed by atoms with E-state index in [0.29, 0.717) is 5.02 Å². The Labute approximate surface area is 164 Å². The number of hydrogen-bond donors (Lipinski definition) is 1. The monoisotopic (exact) mass is 425 g/mol. The summed E-state index contributed by atoms with van der Waals surface area (Å²) in [6, 6.07) is 11.3. The normalized spacial score (nSPS) is 11.4. The van der Waals surface area contributed by atoms with Crippen LogP contribution in [-0.2, 0) is 22.1 Å². The summed E-state index contributed by atoms with van der Waals surface area (Å²) in [6.07, 6.45) is 0. The van der Waals surface area contributed by atoms with Gasteiger partial charge in [0.15, 0.2) is 15.6 Å². The van der Waals surface area contributed by atoms with E-state index in [2.05, 4.69) is 5.32 Å². The summed E-state index contributed by atoms with van der Waals surface area (Å²) in [5, 5.41) is 2.86. The Morgan fingerprint density at radius 3 is 2.29 bits per heavy atom. The van der Waals surface area contributed by atoms with Crippen LogP contribution < -0.4 is 5.32 Å². The van der Waals surface area contributed by atoms with Gasteiger partial charge in [-0.05, 0) is 54.1 Å². The predicted molar refractivity (Wildman–Crippen MR) is 98.6 cm³/mol. The zero-order valence-corrected chi connectivity index (χ0v) is 15.9. The minimum Gasteiger partial charge on any atom is -0.455 e. The Balaban J connectivity index is 1.66. The molecule has 1 heterocycles. The minimum absolute atomic E-state index is 0.0763. The Kier molecular flexibility index (Phi) is 5.81. The molecule has 3 aromatic rings. The van der Waals surface area contributed by atoms with Gasteiger partial charge in [0.05, 0.1) is 4.90 Å². The molecule has 1 N–H and O–H groups in total. The summed E-state index contributed by atoms with van der Waals surface area (Å²) < 4.78 is 56.4. The van der Waals surface area contributed by atoms with E-state index < -0.39 is 33.1 Å². The van der Waals surface area contributed by atoms with Gasteiger partial charge in [-0.15, -0.1) is 0 Å². The zero-order chi connectivity index (χ0) is 20.3. The van der Waals surface area contributed by atoms with Crippen molar-refractivity contribution in [3.05, 3.63) is 88.3 Å². The summed E-state index contributed by atoms with van der Waals surface area (Å²) in [5.74, 6) is -2.61. The number of halogens is 3. The number of benzene rings is 2. The van der Waals surface area contributed by atoms with Gasteiger partial charge in [0.25, 0.3) is 5.91 Å². The maximum atomic E-state index is 13.2. The molecule has 0 fully saturated rings. The fourth-order valence-corrected chi connectivity index (χ4v) is 3.85. The highest BCUT2D eigenvalue weighted by Gasteiger charge is 2.19. The smallest absolute Gasteiger partial charge is 0.287 e. The van der Waals surface area contributed by atoms with Crippen LogP contribution in [0.25, 0.3) is 0 Å². The van der Waals surface area contributed by atoms with E-state index in [1.165, 1.54) is 36.4 Å². The summed E-state index contributed by atoms with van der Waals surface area (Å²) in [6.45, 7) is -0.118. The fraction of sp³-hybridized carbons (Fsp3) is 0.105. The van der Waals surface area contributed by atoms with Crippen LogP contribution in [0, 0.1) is 11.6 Å². The molecule has 0 radical (unpaired) electrons. The van der Waals surface area contributed by atoms with Gasteiger partial charge < -0.3 is 9.73 Å². The van der Waals surface area contributed by atoms with Crippen molar-refractivity contribution >= 4 is 27.3 Å². The van der Waals surface area contributed by atoms with Gasteiger partial charge >= 0.3 is 0 Å². The van der Waals surface area contributed by atoms with E-state index in [1.54, 1.807) is 0 Å². The Bertz CT molecular complexity index is 1090. The predicted octanol–water partition coefficient (Wildman–Crippen LogP) is 4.12. The van der Waals surface area contributed by atoms with Gasteiger partial charge in [0.2, 0.25) is 0 Å². The van der Waals surface area contributed by atoms with Gasteiger partial charge in [-0.25, -0.2) is 17.2 Å². The maximum absolute atomic E-state index is 13.2.